The first kappa shape index (κ1) is 14.3. The number of halogens is 1. The van der Waals surface area contributed by atoms with Gasteiger partial charge in [0.25, 0.3) is 5.91 Å². The monoisotopic (exact) mass is 284 g/mol. The predicted octanol–water partition coefficient (Wildman–Crippen LogP) is 0.864. The van der Waals surface area contributed by atoms with Gasteiger partial charge in [-0.25, -0.2) is 4.39 Å². The average Bonchev–Trinajstić information content (AvgIpc) is 2.42. The van der Waals surface area contributed by atoms with Gasteiger partial charge < -0.3 is 10.0 Å². The lowest BCUT2D eigenvalue weighted by molar-refractivity contribution is 0.0610. The summed E-state index contributed by atoms with van der Waals surface area (Å²) in [5.41, 5.74) is 0.0723. The SMILES string of the molecule is O=C(c1cc(S)ccc1F)N1CCN(CCO)CC1. The van der Waals surface area contributed by atoms with E-state index in [2.05, 4.69) is 17.5 Å². The van der Waals surface area contributed by atoms with E-state index in [1.165, 1.54) is 18.2 Å². The molecule has 1 aliphatic heterocycles. The lowest BCUT2D eigenvalue weighted by Gasteiger charge is -2.34. The number of amides is 1. The lowest BCUT2D eigenvalue weighted by atomic mass is 10.1. The number of carbonyl (C=O) groups excluding carboxylic acids is 1. The lowest BCUT2D eigenvalue weighted by Crippen LogP contribution is -2.49. The zero-order valence-corrected chi connectivity index (χ0v) is 11.4. The number of hydrogen-bond acceptors (Lipinski definition) is 4. The van der Waals surface area contributed by atoms with Crippen LogP contribution in [0.4, 0.5) is 4.39 Å². The van der Waals surface area contributed by atoms with Crippen LogP contribution >= 0.6 is 12.6 Å². The number of β-amino-alcohol motifs (C(OH)–C–C–N with tert-alkyl or cyclic N) is 1. The van der Waals surface area contributed by atoms with Crippen LogP contribution in [0.15, 0.2) is 23.1 Å². The minimum absolute atomic E-state index is 0.0723. The molecule has 0 unspecified atom stereocenters. The highest BCUT2D eigenvalue weighted by Crippen LogP contribution is 2.16. The van der Waals surface area contributed by atoms with E-state index in [-0.39, 0.29) is 18.1 Å². The Morgan fingerprint density at radius 3 is 2.63 bits per heavy atom. The van der Waals surface area contributed by atoms with Crippen molar-refractivity contribution in [2.75, 3.05) is 39.3 Å². The number of benzene rings is 1. The molecule has 19 heavy (non-hydrogen) atoms. The second-order valence-corrected chi connectivity index (χ2v) is 5.04. The van der Waals surface area contributed by atoms with Gasteiger partial charge in [0, 0.05) is 37.6 Å². The van der Waals surface area contributed by atoms with E-state index in [0.717, 1.165) is 0 Å². The summed E-state index contributed by atoms with van der Waals surface area (Å²) in [6.07, 6.45) is 0. The first-order chi connectivity index (χ1) is 9.11. The molecule has 0 aromatic heterocycles. The van der Waals surface area contributed by atoms with Gasteiger partial charge in [-0.15, -0.1) is 12.6 Å². The maximum absolute atomic E-state index is 13.6. The highest BCUT2D eigenvalue weighted by atomic mass is 32.1. The first-order valence-electron chi connectivity index (χ1n) is 6.23. The first-order valence-corrected chi connectivity index (χ1v) is 6.67. The molecule has 4 nitrogen and oxygen atoms in total. The fourth-order valence-electron chi connectivity index (χ4n) is 2.16. The average molecular weight is 284 g/mol. The van der Waals surface area contributed by atoms with E-state index in [9.17, 15) is 9.18 Å². The van der Waals surface area contributed by atoms with Gasteiger partial charge in [-0.3, -0.25) is 9.69 Å². The Balaban J connectivity index is 2.03. The molecule has 0 radical (unpaired) electrons. The summed E-state index contributed by atoms with van der Waals surface area (Å²) in [6, 6.07) is 4.24. The zero-order chi connectivity index (χ0) is 13.8. The third-order valence-electron chi connectivity index (χ3n) is 3.26. The van der Waals surface area contributed by atoms with Crippen molar-refractivity contribution in [3.05, 3.63) is 29.6 Å². The van der Waals surface area contributed by atoms with Gasteiger partial charge in [0.15, 0.2) is 0 Å². The Labute approximate surface area is 117 Å². The highest BCUT2D eigenvalue weighted by Gasteiger charge is 2.23. The predicted molar refractivity (Wildman–Crippen MR) is 73.1 cm³/mol. The van der Waals surface area contributed by atoms with E-state index in [1.54, 1.807) is 4.90 Å². The molecule has 1 aromatic carbocycles. The van der Waals surface area contributed by atoms with Crippen molar-refractivity contribution in [1.82, 2.24) is 9.80 Å². The van der Waals surface area contributed by atoms with Gasteiger partial charge in [-0.2, -0.15) is 0 Å². The van der Waals surface area contributed by atoms with Crippen LogP contribution in [-0.4, -0.2) is 60.1 Å². The molecule has 1 N–H and O–H groups in total. The Kier molecular flexibility index (Phi) is 4.79. The third kappa shape index (κ3) is 3.46. The molecule has 1 heterocycles. The summed E-state index contributed by atoms with van der Waals surface area (Å²) in [7, 11) is 0. The molecule has 2 rings (SSSR count). The van der Waals surface area contributed by atoms with Crippen molar-refractivity contribution >= 4 is 18.5 Å². The summed E-state index contributed by atoms with van der Waals surface area (Å²) in [4.78, 5) is 16.5. The van der Waals surface area contributed by atoms with Crippen LogP contribution < -0.4 is 0 Å². The quantitative estimate of drug-likeness (QED) is 0.809. The van der Waals surface area contributed by atoms with Gasteiger partial charge >= 0.3 is 0 Å². The van der Waals surface area contributed by atoms with E-state index in [4.69, 9.17) is 5.11 Å². The van der Waals surface area contributed by atoms with Crippen molar-refractivity contribution in [2.45, 2.75) is 4.90 Å². The number of thiol groups is 1. The van der Waals surface area contributed by atoms with E-state index in [1.807, 2.05) is 0 Å². The number of hydrogen-bond donors (Lipinski definition) is 2. The normalized spacial score (nSPS) is 16.7. The minimum Gasteiger partial charge on any atom is -0.395 e. The number of piperazine rings is 1. The van der Waals surface area contributed by atoms with Gasteiger partial charge in [0.05, 0.1) is 12.2 Å². The third-order valence-corrected chi connectivity index (χ3v) is 3.53. The molecule has 6 heteroatoms. The molecule has 1 aliphatic rings. The topological polar surface area (TPSA) is 43.8 Å². The summed E-state index contributed by atoms with van der Waals surface area (Å²) >= 11 is 4.13. The second-order valence-electron chi connectivity index (χ2n) is 4.52. The smallest absolute Gasteiger partial charge is 0.256 e. The number of aliphatic hydroxyl groups is 1. The number of rotatable bonds is 3. The maximum atomic E-state index is 13.6. The molecule has 0 spiro atoms. The van der Waals surface area contributed by atoms with Crippen molar-refractivity contribution in [3.63, 3.8) is 0 Å². The van der Waals surface area contributed by atoms with Crippen LogP contribution in [0.3, 0.4) is 0 Å². The minimum atomic E-state index is -0.513. The zero-order valence-electron chi connectivity index (χ0n) is 10.5. The Morgan fingerprint density at radius 1 is 1.32 bits per heavy atom. The molecule has 104 valence electrons. The number of nitrogens with zero attached hydrogens (tertiary/aromatic N) is 2. The van der Waals surface area contributed by atoms with Crippen LogP contribution in [0.5, 0.6) is 0 Å². The standard InChI is InChI=1S/C13H17FN2O2S/c14-12-2-1-10(19)9-11(12)13(18)16-5-3-15(4-6-16)7-8-17/h1-2,9,17,19H,3-8H2. The van der Waals surface area contributed by atoms with Gasteiger partial charge in [-0.1, -0.05) is 0 Å². The van der Waals surface area contributed by atoms with Gasteiger partial charge in [0.2, 0.25) is 0 Å². The second kappa shape index (κ2) is 6.36. The van der Waals surface area contributed by atoms with Gasteiger partial charge in [-0.05, 0) is 18.2 Å². The van der Waals surface area contributed by atoms with Crippen molar-refractivity contribution < 1.29 is 14.3 Å². The van der Waals surface area contributed by atoms with Crippen molar-refractivity contribution in [3.8, 4) is 0 Å². The molecular weight excluding hydrogens is 267 g/mol. The van der Waals surface area contributed by atoms with E-state index in [0.29, 0.717) is 37.6 Å². The molecule has 0 saturated carbocycles. The highest BCUT2D eigenvalue weighted by molar-refractivity contribution is 7.80. The van der Waals surface area contributed by atoms with Crippen LogP contribution in [0.2, 0.25) is 0 Å². The molecule has 0 bridgehead atoms. The van der Waals surface area contributed by atoms with Crippen molar-refractivity contribution in [2.24, 2.45) is 0 Å². The summed E-state index contributed by atoms with van der Waals surface area (Å²) in [5.74, 6) is -0.808. The molecule has 0 aliphatic carbocycles. The fourth-order valence-corrected chi connectivity index (χ4v) is 2.37. The Morgan fingerprint density at radius 2 is 2.00 bits per heavy atom. The van der Waals surface area contributed by atoms with E-state index < -0.39 is 5.82 Å². The summed E-state index contributed by atoms with van der Waals surface area (Å²) in [5, 5.41) is 8.86. The Bertz CT molecular complexity index is 462. The van der Waals surface area contributed by atoms with Crippen LogP contribution in [0.25, 0.3) is 0 Å². The molecule has 1 aromatic rings. The maximum Gasteiger partial charge on any atom is 0.256 e. The number of aliphatic hydroxyl groups excluding tert-OH is 1. The number of carbonyl (C=O) groups is 1. The molecule has 1 saturated heterocycles. The van der Waals surface area contributed by atoms with Crippen molar-refractivity contribution in [1.29, 1.82) is 0 Å². The van der Waals surface area contributed by atoms with E-state index >= 15 is 0 Å². The summed E-state index contributed by atoms with van der Waals surface area (Å²) < 4.78 is 13.6. The van der Waals surface area contributed by atoms with Gasteiger partial charge in [0.1, 0.15) is 5.82 Å². The van der Waals surface area contributed by atoms with Crippen LogP contribution in [0.1, 0.15) is 10.4 Å². The molecular formula is C13H17FN2O2S. The molecule has 1 amide bonds. The molecule has 0 atom stereocenters. The molecule has 1 fully saturated rings. The largest absolute Gasteiger partial charge is 0.395 e. The van der Waals surface area contributed by atoms with Crippen LogP contribution in [-0.2, 0) is 0 Å². The van der Waals surface area contributed by atoms with Crippen LogP contribution in [0, 0.1) is 5.82 Å². The Hall–Kier alpha value is -1.11. The fraction of sp³-hybridized carbons (Fsp3) is 0.462. The summed E-state index contributed by atoms with van der Waals surface area (Å²) in [6.45, 7) is 3.24.